The quantitative estimate of drug-likeness (QED) is 0.411. The lowest BCUT2D eigenvalue weighted by molar-refractivity contribution is 0.219. The van der Waals surface area contributed by atoms with Crippen LogP contribution in [0.5, 0.6) is 5.75 Å². The highest BCUT2D eigenvalue weighted by atomic mass is 35.5. The van der Waals surface area contributed by atoms with Gasteiger partial charge in [0.15, 0.2) is 0 Å². The molecule has 0 fully saturated rings. The number of hydrogen-bond acceptors (Lipinski definition) is 4. The molecule has 6 heteroatoms. The maximum atomic E-state index is 6.19. The highest BCUT2D eigenvalue weighted by Crippen LogP contribution is 2.24. The molecule has 3 aromatic carbocycles. The van der Waals surface area contributed by atoms with E-state index in [4.69, 9.17) is 22.1 Å². The molecule has 0 saturated carbocycles. The van der Waals surface area contributed by atoms with Crippen LogP contribution in [0, 0.1) is 0 Å². The molecule has 0 saturated heterocycles. The van der Waals surface area contributed by atoms with Crippen LogP contribution in [0.25, 0.3) is 11.0 Å². The predicted molar refractivity (Wildman–Crippen MR) is 110 cm³/mol. The van der Waals surface area contributed by atoms with Gasteiger partial charge in [0.1, 0.15) is 11.9 Å². The van der Waals surface area contributed by atoms with Gasteiger partial charge in [0.25, 0.3) is 0 Å². The third kappa shape index (κ3) is 4.15. The third-order valence-electron chi connectivity index (χ3n) is 4.22. The fraction of sp³-hybridized carbons (Fsp3) is 0.0952. The Kier molecular flexibility index (Phi) is 4.85. The summed E-state index contributed by atoms with van der Waals surface area (Å²) >= 11 is 5.97. The molecule has 0 aliphatic rings. The van der Waals surface area contributed by atoms with Gasteiger partial charge in [-0.15, -0.1) is 0 Å². The van der Waals surface area contributed by atoms with Gasteiger partial charge in [0, 0.05) is 10.7 Å². The number of aromatic amines is 1. The molecule has 4 aromatic rings. The van der Waals surface area contributed by atoms with Crippen molar-refractivity contribution in [1.82, 2.24) is 9.97 Å². The number of nitrogen functional groups attached to an aromatic ring is 1. The van der Waals surface area contributed by atoms with Gasteiger partial charge < -0.3 is 20.8 Å². The van der Waals surface area contributed by atoms with Gasteiger partial charge in [0.05, 0.1) is 17.6 Å². The number of nitrogens with one attached hydrogen (secondary N) is 2. The smallest absolute Gasteiger partial charge is 0.201 e. The number of benzene rings is 3. The SMILES string of the molecule is Nc1ccc2nc(NCC(Oc3ccc(Cl)cc3)c3ccccc3)[nH]c2c1. The molecule has 4 rings (SSSR count). The summed E-state index contributed by atoms with van der Waals surface area (Å²) in [6.45, 7) is 0.544. The van der Waals surface area contributed by atoms with E-state index in [2.05, 4.69) is 15.3 Å². The van der Waals surface area contributed by atoms with E-state index < -0.39 is 0 Å². The average molecular weight is 379 g/mol. The van der Waals surface area contributed by atoms with Crippen LogP contribution < -0.4 is 15.8 Å². The summed E-state index contributed by atoms with van der Waals surface area (Å²) in [6, 6.07) is 23.0. The number of hydrogen-bond donors (Lipinski definition) is 3. The number of H-pyrrole nitrogens is 1. The summed E-state index contributed by atoms with van der Waals surface area (Å²) in [6.07, 6.45) is -0.189. The van der Waals surface area contributed by atoms with Crippen molar-refractivity contribution in [3.63, 3.8) is 0 Å². The van der Waals surface area contributed by atoms with Crippen molar-refractivity contribution in [1.29, 1.82) is 0 Å². The number of fused-ring (bicyclic) bond motifs is 1. The number of nitrogens with two attached hydrogens (primary N) is 1. The van der Waals surface area contributed by atoms with Crippen LogP contribution in [-0.4, -0.2) is 16.5 Å². The molecule has 0 bridgehead atoms. The van der Waals surface area contributed by atoms with Crippen molar-refractivity contribution in [2.24, 2.45) is 0 Å². The largest absolute Gasteiger partial charge is 0.484 e. The molecule has 27 heavy (non-hydrogen) atoms. The summed E-state index contributed by atoms with van der Waals surface area (Å²) in [5.74, 6) is 1.43. The molecule has 0 radical (unpaired) electrons. The fourth-order valence-corrected chi connectivity index (χ4v) is 3.00. The van der Waals surface area contributed by atoms with Gasteiger partial charge in [-0.3, -0.25) is 0 Å². The number of nitrogens with zero attached hydrogens (tertiary/aromatic N) is 1. The first kappa shape index (κ1) is 17.2. The van der Waals surface area contributed by atoms with Crippen LogP contribution >= 0.6 is 11.6 Å². The molecule has 5 nitrogen and oxygen atoms in total. The van der Waals surface area contributed by atoms with Crippen LogP contribution in [0.4, 0.5) is 11.6 Å². The maximum Gasteiger partial charge on any atom is 0.201 e. The Labute approximate surface area is 162 Å². The summed E-state index contributed by atoms with van der Waals surface area (Å²) in [4.78, 5) is 7.78. The first-order valence-corrected chi connectivity index (χ1v) is 9.01. The fourth-order valence-electron chi connectivity index (χ4n) is 2.87. The van der Waals surface area contributed by atoms with E-state index in [1.54, 1.807) is 0 Å². The number of aromatic nitrogens is 2. The first-order chi connectivity index (χ1) is 13.2. The van der Waals surface area contributed by atoms with Crippen LogP contribution in [-0.2, 0) is 0 Å². The van der Waals surface area contributed by atoms with Crippen LogP contribution in [0.15, 0.2) is 72.8 Å². The third-order valence-corrected chi connectivity index (χ3v) is 4.48. The topological polar surface area (TPSA) is 76.0 Å². The average Bonchev–Trinajstić information content (AvgIpc) is 3.09. The normalized spacial score (nSPS) is 12.0. The predicted octanol–water partition coefficient (Wildman–Crippen LogP) is 5.03. The van der Waals surface area contributed by atoms with Gasteiger partial charge in [-0.25, -0.2) is 4.98 Å². The van der Waals surface area contributed by atoms with Crippen molar-refractivity contribution in [2.75, 3.05) is 17.6 Å². The lowest BCUT2D eigenvalue weighted by Gasteiger charge is -2.20. The van der Waals surface area contributed by atoms with Crippen molar-refractivity contribution in [2.45, 2.75) is 6.10 Å². The maximum absolute atomic E-state index is 6.19. The Morgan fingerprint density at radius 2 is 1.81 bits per heavy atom. The standard InChI is InChI=1S/C21H19ClN4O/c22-15-6-9-17(10-7-15)27-20(14-4-2-1-3-5-14)13-24-21-25-18-11-8-16(23)12-19(18)26-21/h1-12,20H,13,23H2,(H2,24,25,26). The number of anilines is 2. The molecule has 1 aromatic heterocycles. The van der Waals surface area contributed by atoms with Gasteiger partial charge in [0.2, 0.25) is 5.95 Å². The molecular formula is C21H19ClN4O. The Hall–Kier alpha value is -3.18. The number of rotatable bonds is 6. The van der Waals surface area contributed by atoms with Gasteiger partial charge in [-0.2, -0.15) is 0 Å². The van der Waals surface area contributed by atoms with Gasteiger partial charge in [-0.05, 0) is 48.0 Å². The van der Waals surface area contributed by atoms with Gasteiger partial charge in [-0.1, -0.05) is 41.9 Å². The Bertz CT molecular complexity index is 1030. The number of halogens is 1. The van der Waals surface area contributed by atoms with Crippen LogP contribution in [0.1, 0.15) is 11.7 Å². The Balaban J connectivity index is 1.53. The van der Waals surface area contributed by atoms with E-state index in [-0.39, 0.29) is 6.10 Å². The Morgan fingerprint density at radius 1 is 1.04 bits per heavy atom. The zero-order valence-corrected chi connectivity index (χ0v) is 15.3. The van der Waals surface area contributed by atoms with Crippen molar-refractivity contribution >= 4 is 34.3 Å². The van der Waals surface area contributed by atoms with Crippen LogP contribution in [0.3, 0.4) is 0 Å². The molecule has 4 N–H and O–H groups in total. The first-order valence-electron chi connectivity index (χ1n) is 8.64. The van der Waals surface area contributed by atoms with E-state index >= 15 is 0 Å². The molecule has 0 aliphatic carbocycles. The molecule has 1 unspecified atom stereocenters. The zero-order valence-electron chi connectivity index (χ0n) is 14.5. The second-order valence-corrected chi connectivity index (χ2v) is 6.65. The van der Waals surface area contributed by atoms with E-state index in [1.165, 1.54) is 0 Å². The Morgan fingerprint density at radius 3 is 2.59 bits per heavy atom. The summed E-state index contributed by atoms with van der Waals surface area (Å²) in [5.41, 5.74) is 9.36. The lowest BCUT2D eigenvalue weighted by Crippen LogP contribution is -2.19. The monoisotopic (exact) mass is 378 g/mol. The minimum absolute atomic E-state index is 0.189. The summed E-state index contributed by atoms with van der Waals surface area (Å²) in [7, 11) is 0. The van der Waals surface area contributed by atoms with Crippen molar-refractivity contribution < 1.29 is 4.74 Å². The minimum atomic E-state index is -0.189. The second kappa shape index (κ2) is 7.60. The summed E-state index contributed by atoms with van der Waals surface area (Å²) in [5, 5.41) is 4.00. The molecule has 0 amide bonds. The van der Waals surface area contributed by atoms with E-state index in [9.17, 15) is 0 Å². The number of imidazole rings is 1. The van der Waals surface area contributed by atoms with E-state index in [0.717, 1.165) is 22.3 Å². The molecule has 0 spiro atoms. The summed E-state index contributed by atoms with van der Waals surface area (Å²) < 4.78 is 6.19. The lowest BCUT2D eigenvalue weighted by atomic mass is 10.1. The molecular weight excluding hydrogens is 360 g/mol. The van der Waals surface area contributed by atoms with E-state index in [0.29, 0.717) is 23.2 Å². The highest BCUT2D eigenvalue weighted by Gasteiger charge is 2.14. The molecule has 136 valence electrons. The second-order valence-electron chi connectivity index (χ2n) is 6.21. The van der Waals surface area contributed by atoms with Gasteiger partial charge >= 0.3 is 0 Å². The van der Waals surface area contributed by atoms with Crippen LogP contribution in [0.2, 0.25) is 5.02 Å². The zero-order chi connectivity index (χ0) is 18.6. The van der Waals surface area contributed by atoms with Crippen molar-refractivity contribution in [3.05, 3.63) is 83.4 Å². The minimum Gasteiger partial charge on any atom is -0.484 e. The molecule has 1 heterocycles. The molecule has 0 aliphatic heterocycles. The number of ether oxygens (including phenoxy) is 1. The van der Waals surface area contributed by atoms with Crippen molar-refractivity contribution in [3.8, 4) is 5.75 Å². The molecule has 1 atom stereocenters. The highest BCUT2D eigenvalue weighted by molar-refractivity contribution is 6.30. The van der Waals surface area contributed by atoms with E-state index in [1.807, 2.05) is 72.8 Å².